The molecule has 0 aliphatic rings. The van der Waals surface area contributed by atoms with E-state index in [9.17, 15) is 9.90 Å². The summed E-state index contributed by atoms with van der Waals surface area (Å²) < 4.78 is 10.3. The first-order valence-corrected chi connectivity index (χ1v) is 7.21. The summed E-state index contributed by atoms with van der Waals surface area (Å²) in [4.78, 5) is 12.1. The van der Waals surface area contributed by atoms with Crippen LogP contribution in [0.25, 0.3) is 0 Å². The molecule has 1 heterocycles. The lowest BCUT2D eigenvalue weighted by atomic mass is 9.97. The van der Waals surface area contributed by atoms with Gasteiger partial charge in [-0.2, -0.15) is 0 Å². The summed E-state index contributed by atoms with van der Waals surface area (Å²) in [7, 11) is 1.62. The fraction of sp³-hybridized carbons (Fsp3) is 0.353. The number of hydrogen-bond donors (Lipinski definition) is 2. The number of aliphatic hydroxyl groups excluding tert-OH is 1. The Hall–Kier alpha value is -2.27. The predicted octanol–water partition coefficient (Wildman–Crippen LogP) is 2.63. The third kappa shape index (κ3) is 4.11. The lowest BCUT2D eigenvalue weighted by Gasteiger charge is -2.17. The highest BCUT2D eigenvalue weighted by atomic mass is 16.5. The number of nitrogens with one attached hydrogen (secondary N) is 1. The molecule has 1 aromatic heterocycles. The summed E-state index contributed by atoms with van der Waals surface area (Å²) in [6, 6.07) is 10.6. The largest absolute Gasteiger partial charge is 0.497 e. The maximum atomic E-state index is 12.1. The number of carbonyl (C=O) groups excluding carboxylic acids is 1. The van der Waals surface area contributed by atoms with E-state index < -0.39 is 6.04 Å². The first-order chi connectivity index (χ1) is 10.6. The highest BCUT2D eigenvalue weighted by molar-refractivity contribution is 5.77. The van der Waals surface area contributed by atoms with Crippen molar-refractivity contribution in [3.63, 3.8) is 0 Å². The molecule has 2 atom stereocenters. The molecule has 0 aliphatic carbocycles. The Bertz CT molecular complexity index is 577. The molecule has 0 fully saturated rings. The van der Waals surface area contributed by atoms with Gasteiger partial charge >= 0.3 is 0 Å². The van der Waals surface area contributed by atoms with Crippen LogP contribution in [-0.2, 0) is 4.79 Å². The summed E-state index contributed by atoms with van der Waals surface area (Å²) in [5, 5.41) is 12.2. The second-order valence-electron chi connectivity index (χ2n) is 5.20. The van der Waals surface area contributed by atoms with Gasteiger partial charge in [-0.15, -0.1) is 0 Å². The normalized spacial score (nSPS) is 13.4. The summed E-state index contributed by atoms with van der Waals surface area (Å²) in [5.74, 6) is 1.28. The molecule has 118 valence electrons. The number of ether oxygens (including phenoxy) is 1. The van der Waals surface area contributed by atoms with E-state index in [1.165, 1.54) is 6.26 Å². The molecule has 2 unspecified atom stereocenters. The number of hydrogen-bond acceptors (Lipinski definition) is 4. The molecule has 0 radical (unpaired) electrons. The van der Waals surface area contributed by atoms with E-state index in [-0.39, 0.29) is 18.4 Å². The second kappa shape index (κ2) is 7.66. The van der Waals surface area contributed by atoms with Gasteiger partial charge in [0.25, 0.3) is 0 Å². The lowest BCUT2D eigenvalue weighted by Crippen LogP contribution is -2.31. The van der Waals surface area contributed by atoms with Crippen LogP contribution in [0.5, 0.6) is 5.75 Å². The zero-order valence-corrected chi connectivity index (χ0v) is 12.8. The van der Waals surface area contributed by atoms with E-state index >= 15 is 0 Å². The average Bonchev–Trinajstić information content (AvgIpc) is 3.06. The van der Waals surface area contributed by atoms with Gasteiger partial charge in [-0.3, -0.25) is 4.79 Å². The summed E-state index contributed by atoms with van der Waals surface area (Å²) in [6.45, 7) is 1.79. The molecule has 1 aromatic carbocycles. The molecular formula is C17H21NO4. The van der Waals surface area contributed by atoms with Crippen molar-refractivity contribution in [2.75, 3.05) is 13.7 Å². The minimum atomic E-state index is -0.509. The fourth-order valence-corrected chi connectivity index (χ4v) is 2.28. The molecule has 22 heavy (non-hydrogen) atoms. The van der Waals surface area contributed by atoms with Crippen molar-refractivity contribution in [3.05, 3.63) is 54.0 Å². The zero-order chi connectivity index (χ0) is 15.9. The van der Waals surface area contributed by atoms with E-state index in [4.69, 9.17) is 9.15 Å². The standard InChI is InChI=1S/C17H21NO4/c1-12(13-5-7-14(21-2)8-6-13)10-17(20)18-15(11-19)16-4-3-9-22-16/h3-9,12,15,19H,10-11H2,1-2H3,(H,18,20). The van der Waals surface area contributed by atoms with E-state index in [2.05, 4.69) is 5.32 Å². The van der Waals surface area contributed by atoms with Gasteiger partial charge in [-0.05, 0) is 35.7 Å². The maximum Gasteiger partial charge on any atom is 0.221 e. The number of benzene rings is 1. The van der Waals surface area contributed by atoms with Crippen molar-refractivity contribution in [3.8, 4) is 5.75 Å². The van der Waals surface area contributed by atoms with Gasteiger partial charge in [-0.25, -0.2) is 0 Å². The monoisotopic (exact) mass is 303 g/mol. The van der Waals surface area contributed by atoms with Gasteiger partial charge in [0, 0.05) is 6.42 Å². The quantitative estimate of drug-likeness (QED) is 0.825. The molecule has 0 saturated carbocycles. The molecule has 5 nitrogen and oxygen atoms in total. The van der Waals surface area contributed by atoms with Crippen molar-refractivity contribution in [1.82, 2.24) is 5.32 Å². The number of methoxy groups -OCH3 is 1. The van der Waals surface area contributed by atoms with E-state index in [0.29, 0.717) is 12.2 Å². The topological polar surface area (TPSA) is 71.7 Å². The van der Waals surface area contributed by atoms with Crippen molar-refractivity contribution < 1.29 is 19.1 Å². The summed E-state index contributed by atoms with van der Waals surface area (Å²) in [5.41, 5.74) is 1.06. The number of aliphatic hydroxyl groups is 1. The Kier molecular flexibility index (Phi) is 5.61. The van der Waals surface area contributed by atoms with Crippen LogP contribution in [-0.4, -0.2) is 24.7 Å². The first-order valence-electron chi connectivity index (χ1n) is 7.21. The lowest BCUT2D eigenvalue weighted by molar-refractivity contribution is -0.122. The molecule has 5 heteroatoms. The van der Waals surface area contributed by atoms with E-state index in [1.807, 2.05) is 31.2 Å². The van der Waals surface area contributed by atoms with Crippen LogP contribution in [0.3, 0.4) is 0 Å². The van der Waals surface area contributed by atoms with E-state index in [0.717, 1.165) is 11.3 Å². The molecule has 0 spiro atoms. The third-order valence-corrected chi connectivity index (χ3v) is 3.58. The van der Waals surface area contributed by atoms with Crippen molar-refractivity contribution in [2.45, 2.75) is 25.3 Å². The highest BCUT2D eigenvalue weighted by Crippen LogP contribution is 2.22. The molecular weight excluding hydrogens is 282 g/mol. The van der Waals surface area contributed by atoms with Crippen LogP contribution in [0.4, 0.5) is 0 Å². The van der Waals surface area contributed by atoms with Crippen LogP contribution in [0.2, 0.25) is 0 Å². The van der Waals surface area contributed by atoms with Crippen LogP contribution in [0, 0.1) is 0 Å². The number of rotatable bonds is 7. The summed E-state index contributed by atoms with van der Waals surface area (Å²) >= 11 is 0. The zero-order valence-electron chi connectivity index (χ0n) is 12.8. The molecule has 2 rings (SSSR count). The summed E-state index contributed by atoms with van der Waals surface area (Å²) in [6.07, 6.45) is 1.85. The highest BCUT2D eigenvalue weighted by Gasteiger charge is 2.18. The molecule has 0 saturated heterocycles. The van der Waals surface area contributed by atoms with Gasteiger partial charge in [0.2, 0.25) is 5.91 Å². The average molecular weight is 303 g/mol. The van der Waals surface area contributed by atoms with Gasteiger partial charge in [0.1, 0.15) is 17.6 Å². The minimum absolute atomic E-state index is 0.0712. The predicted molar refractivity (Wildman–Crippen MR) is 82.7 cm³/mol. The Labute approximate surface area is 129 Å². The number of furan rings is 1. The maximum absolute atomic E-state index is 12.1. The van der Waals surface area contributed by atoms with Gasteiger partial charge in [0.05, 0.1) is 20.0 Å². The van der Waals surface area contributed by atoms with Crippen LogP contribution in [0.15, 0.2) is 47.1 Å². The third-order valence-electron chi connectivity index (χ3n) is 3.58. The van der Waals surface area contributed by atoms with Gasteiger partial charge in [0.15, 0.2) is 0 Å². The Morgan fingerprint density at radius 2 is 2.05 bits per heavy atom. The van der Waals surface area contributed by atoms with Crippen molar-refractivity contribution >= 4 is 5.91 Å². The Balaban J connectivity index is 1.92. The number of carbonyl (C=O) groups is 1. The minimum Gasteiger partial charge on any atom is -0.497 e. The second-order valence-corrected chi connectivity index (χ2v) is 5.20. The number of amides is 1. The molecule has 2 N–H and O–H groups in total. The van der Waals surface area contributed by atoms with Crippen molar-refractivity contribution in [2.24, 2.45) is 0 Å². The SMILES string of the molecule is COc1ccc(C(C)CC(=O)NC(CO)c2ccco2)cc1. The Morgan fingerprint density at radius 1 is 1.32 bits per heavy atom. The molecule has 0 bridgehead atoms. The smallest absolute Gasteiger partial charge is 0.221 e. The molecule has 1 amide bonds. The van der Waals surface area contributed by atoms with Gasteiger partial charge < -0.3 is 19.6 Å². The van der Waals surface area contributed by atoms with Crippen LogP contribution < -0.4 is 10.1 Å². The van der Waals surface area contributed by atoms with Crippen molar-refractivity contribution in [1.29, 1.82) is 0 Å². The van der Waals surface area contributed by atoms with Crippen LogP contribution >= 0.6 is 0 Å². The Morgan fingerprint density at radius 3 is 2.59 bits per heavy atom. The fourth-order valence-electron chi connectivity index (χ4n) is 2.28. The van der Waals surface area contributed by atoms with E-state index in [1.54, 1.807) is 19.2 Å². The first kappa shape index (κ1) is 16.1. The van der Waals surface area contributed by atoms with Crippen LogP contribution in [0.1, 0.15) is 36.6 Å². The molecule has 0 aliphatic heterocycles. The van der Waals surface area contributed by atoms with Gasteiger partial charge in [-0.1, -0.05) is 19.1 Å². The molecule has 2 aromatic rings.